The zero-order valence-corrected chi connectivity index (χ0v) is 11.0. The second-order valence-corrected chi connectivity index (χ2v) is 4.99. The topological polar surface area (TPSA) is 24.1 Å². The molecule has 1 fully saturated rings. The van der Waals surface area contributed by atoms with Gasteiger partial charge in [0.05, 0.1) is 0 Å². The Balaban J connectivity index is 2.09. The third kappa shape index (κ3) is 3.22. The predicted molar refractivity (Wildman–Crippen MR) is 74.4 cm³/mol. The highest BCUT2D eigenvalue weighted by molar-refractivity contribution is 5.53. The first-order chi connectivity index (χ1) is 8.31. The lowest BCUT2D eigenvalue weighted by atomic mass is 10.1. The largest absolute Gasteiger partial charge is 0.382 e. The van der Waals surface area contributed by atoms with Crippen LogP contribution >= 0.6 is 0 Å². The Bertz CT molecular complexity index is 343. The molecular weight excluding hydrogens is 208 g/mol. The van der Waals surface area contributed by atoms with Gasteiger partial charge in [-0.15, -0.1) is 0 Å². The quantitative estimate of drug-likeness (QED) is 0.808. The summed E-state index contributed by atoms with van der Waals surface area (Å²) in [6.45, 7) is 5.40. The van der Waals surface area contributed by atoms with Crippen molar-refractivity contribution < 1.29 is 0 Å². The van der Waals surface area contributed by atoms with Gasteiger partial charge in [0.2, 0.25) is 0 Å². The molecular formula is C15H24N2. The lowest BCUT2D eigenvalue weighted by molar-refractivity contribution is 0.597. The average molecular weight is 232 g/mol. The van der Waals surface area contributed by atoms with Crippen molar-refractivity contribution in [1.29, 1.82) is 0 Å². The fraction of sp³-hybridized carbons (Fsp3) is 0.600. The van der Waals surface area contributed by atoms with Crippen molar-refractivity contribution in [1.82, 2.24) is 5.32 Å². The maximum Gasteiger partial charge on any atom is 0.0390 e. The summed E-state index contributed by atoms with van der Waals surface area (Å²) in [5, 5.41) is 7.20. The molecule has 1 unspecified atom stereocenters. The van der Waals surface area contributed by atoms with Gasteiger partial charge >= 0.3 is 0 Å². The summed E-state index contributed by atoms with van der Waals surface area (Å²) >= 11 is 0. The van der Waals surface area contributed by atoms with Crippen LogP contribution in [0, 0.1) is 0 Å². The molecule has 2 rings (SSSR count). The van der Waals surface area contributed by atoms with Crippen LogP contribution in [-0.4, -0.2) is 12.6 Å². The molecule has 0 aromatic heterocycles. The highest BCUT2D eigenvalue weighted by Crippen LogP contribution is 2.27. The molecule has 2 N–H and O–H groups in total. The number of para-hydroxylation sites is 1. The second-order valence-electron chi connectivity index (χ2n) is 4.99. The van der Waals surface area contributed by atoms with Crippen molar-refractivity contribution in [3.05, 3.63) is 29.8 Å². The number of rotatable bonds is 5. The van der Waals surface area contributed by atoms with Crippen LogP contribution in [-0.2, 0) is 0 Å². The molecule has 2 heteroatoms. The minimum atomic E-state index is 0.421. The van der Waals surface area contributed by atoms with Gasteiger partial charge in [0, 0.05) is 17.8 Å². The van der Waals surface area contributed by atoms with Gasteiger partial charge in [-0.05, 0) is 37.9 Å². The van der Waals surface area contributed by atoms with Crippen LogP contribution in [0.1, 0.15) is 51.1 Å². The number of hydrogen-bond donors (Lipinski definition) is 2. The summed E-state index contributed by atoms with van der Waals surface area (Å²) in [7, 11) is 0. The molecule has 0 heterocycles. The first-order valence-electron chi connectivity index (χ1n) is 6.90. The fourth-order valence-corrected chi connectivity index (χ4v) is 2.71. The monoisotopic (exact) mass is 232 g/mol. The number of hydrogen-bond acceptors (Lipinski definition) is 2. The van der Waals surface area contributed by atoms with Crippen LogP contribution in [0.5, 0.6) is 0 Å². The molecule has 0 amide bonds. The lowest BCUT2D eigenvalue weighted by Gasteiger charge is -2.21. The normalized spacial score (nSPS) is 18.2. The molecule has 0 spiro atoms. The molecule has 1 aliphatic carbocycles. The molecule has 1 aromatic rings. The summed E-state index contributed by atoms with van der Waals surface area (Å²) in [6.07, 6.45) is 5.40. The van der Waals surface area contributed by atoms with E-state index in [0.717, 1.165) is 6.54 Å². The Morgan fingerprint density at radius 2 is 1.94 bits per heavy atom. The van der Waals surface area contributed by atoms with Gasteiger partial charge in [0.25, 0.3) is 0 Å². The molecule has 1 aliphatic rings. The van der Waals surface area contributed by atoms with Gasteiger partial charge in [-0.1, -0.05) is 38.0 Å². The third-order valence-electron chi connectivity index (χ3n) is 3.65. The van der Waals surface area contributed by atoms with Gasteiger partial charge in [0.1, 0.15) is 0 Å². The predicted octanol–water partition coefficient (Wildman–Crippen LogP) is 3.71. The van der Waals surface area contributed by atoms with Crippen LogP contribution < -0.4 is 10.6 Å². The minimum Gasteiger partial charge on any atom is -0.382 e. The van der Waals surface area contributed by atoms with Gasteiger partial charge in [-0.3, -0.25) is 0 Å². The van der Waals surface area contributed by atoms with E-state index >= 15 is 0 Å². The summed E-state index contributed by atoms with van der Waals surface area (Å²) in [5.41, 5.74) is 2.70. The van der Waals surface area contributed by atoms with Crippen LogP contribution in [0.25, 0.3) is 0 Å². The number of benzene rings is 1. The smallest absolute Gasteiger partial charge is 0.0390 e. The van der Waals surface area contributed by atoms with Crippen molar-refractivity contribution in [2.24, 2.45) is 0 Å². The molecule has 0 aliphatic heterocycles. The summed E-state index contributed by atoms with van der Waals surface area (Å²) in [6, 6.07) is 9.80. The maximum atomic E-state index is 3.71. The molecule has 0 saturated heterocycles. The van der Waals surface area contributed by atoms with Crippen LogP contribution in [0.15, 0.2) is 24.3 Å². The van der Waals surface area contributed by atoms with Crippen molar-refractivity contribution in [3.63, 3.8) is 0 Å². The molecule has 0 bridgehead atoms. The van der Waals surface area contributed by atoms with Crippen LogP contribution in [0.4, 0.5) is 5.69 Å². The number of anilines is 1. The van der Waals surface area contributed by atoms with Gasteiger partial charge in [-0.25, -0.2) is 0 Å². The highest BCUT2D eigenvalue weighted by Gasteiger charge is 2.16. The van der Waals surface area contributed by atoms with Gasteiger partial charge < -0.3 is 10.6 Å². The molecule has 17 heavy (non-hydrogen) atoms. The van der Waals surface area contributed by atoms with E-state index < -0.39 is 0 Å². The number of nitrogens with one attached hydrogen (secondary N) is 2. The minimum absolute atomic E-state index is 0.421. The van der Waals surface area contributed by atoms with E-state index in [0.29, 0.717) is 12.1 Å². The Hall–Kier alpha value is -1.02. The Kier molecular flexibility index (Phi) is 4.43. The molecule has 1 aromatic carbocycles. The van der Waals surface area contributed by atoms with Crippen molar-refractivity contribution in [2.45, 2.75) is 51.6 Å². The van der Waals surface area contributed by atoms with Gasteiger partial charge in [0.15, 0.2) is 0 Å². The summed E-state index contributed by atoms with van der Waals surface area (Å²) in [4.78, 5) is 0. The first-order valence-corrected chi connectivity index (χ1v) is 6.90. The third-order valence-corrected chi connectivity index (χ3v) is 3.65. The molecule has 1 atom stereocenters. The van der Waals surface area contributed by atoms with E-state index in [1.165, 1.54) is 36.9 Å². The Labute approximate surface area is 105 Å². The summed E-state index contributed by atoms with van der Waals surface area (Å²) in [5.74, 6) is 0. The van der Waals surface area contributed by atoms with Crippen molar-refractivity contribution in [2.75, 3.05) is 11.9 Å². The molecule has 2 nitrogen and oxygen atoms in total. The summed E-state index contributed by atoms with van der Waals surface area (Å²) < 4.78 is 0. The lowest BCUT2D eigenvalue weighted by Crippen LogP contribution is -2.21. The maximum absolute atomic E-state index is 3.71. The van der Waals surface area contributed by atoms with Crippen molar-refractivity contribution in [3.8, 4) is 0 Å². The van der Waals surface area contributed by atoms with Crippen LogP contribution in [0.3, 0.4) is 0 Å². The van der Waals surface area contributed by atoms with E-state index in [4.69, 9.17) is 0 Å². The van der Waals surface area contributed by atoms with E-state index in [9.17, 15) is 0 Å². The first kappa shape index (κ1) is 12.4. The molecule has 94 valence electrons. The fourth-order valence-electron chi connectivity index (χ4n) is 2.71. The highest BCUT2D eigenvalue weighted by atomic mass is 14.9. The van der Waals surface area contributed by atoms with E-state index in [1.807, 2.05) is 0 Å². The molecule has 1 saturated carbocycles. The zero-order valence-electron chi connectivity index (χ0n) is 11.0. The molecule has 0 radical (unpaired) electrons. The van der Waals surface area contributed by atoms with E-state index in [2.05, 4.69) is 48.7 Å². The zero-order chi connectivity index (χ0) is 12.1. The standard InChI is InChI=1S/C15H24N2/c1-3-16-12(2)14-10-6-7-11-15(14)17-13-8-4-5-9-13/h6-7,10-13,16-17H,3-5,8-9H2,1-2H3. The SMILES string of the molecule is CCNC(C)c1ccccc1NC1CCCC1. The van der Waals surface area contributed by atoms with Crippen LogP contribution in [0.2, 0.25) is 0 Å². The second kappa shape index (κ2) is 6.06. The van der Waals surface area contributed by atoms with E-state index in [-0.39, 0.29) is 0 Å². The Morgan fingerprint density at radius 1 is 1.24 bits per heavy atom. The van der Waals surface area contributed by atoms with Crippen molar-refractivity contribution >= 4 is 5.69 Å². The van der Waals surface area contributed by atoms with Gasteiger partial charge in [-0.2, -0.15) is 0 Å². The van der Waals surface area contributed by atoms with E-state index in [1.54, 1.807) is 0 Å². The Morgan fingerprint density at radius 3 is 2.65 bits per heavy atom. The average Bonchev–Trinajstić information content (AvgIpc) is 2.83.